The monoisotopic (exact) mass is 424 g/mol. The third-order valence-electron chi connectivity index (χ3n) is 6.23. The van der Waals surface area contributed by atoms with Gasteiger partial charge in [0.25, 0.3) is 0 Å². The lowest BCUT2D eigenvalue weighted by molar-refractivity contribution is -0.127. The van der Waals surface area contributed by atoms with Crippen LogP contribution in [0.15, 0.2) is 48.5 Å². The third kappa shape index (κ3) is 6.31. The van der Waals surface area contributed by atoms with Crippen molar-refractivity contribution >= 4 is 11.6 Å². The Kier molecular flexibility index (Phi) is 8.10. The summed E-state index contributed by atoms with van der Waals surface area (Å²) in [6.07, 6.45) is 4.15. The summed E-state index contributed by atoms with van der Waals surface area (Å²) in [5.74, 6) is 0.718. The van der Waals surface area contributed by atoms with E-state index in [2.05, 4.69) is 17.1 Å². The summed E-state index contributed by atoms with van der Waals surface area (Å²) in [6.45, 7) is 7.66. The molecule has 168 valence electrons. The number of rotatable bonds is 9. The van der Waals surface area contributed by atoms with E-state index in [9.17, 15) is 9.90 Å². The fourth-order valence-electron chi connectivity index (χ4n) is 4.32. The molecule has 1 aliphatic rings. The Bertz CT molecular complexity index is 835. The van der Waals surface area contributed by atoms with Gasteiger partial charge in [-0.15, -0.1) is 0 Å². The van der Waals surface area contributed by atoms with E-state index in [-0.39, 0.29) is 18.6 Å². The molecule has 0 aliphatic carbocycles. The molecule has 31 heavy (non-hydrogen) atoms. The van der Waals surface area contributed by atoms with Gasteiger partial charge in [0.1, 0.15) is 17.5 Å². The number of hydrogen-bond donors (Lipinski definition) is 2. The second kappa shape index (κ2) is 10.8. The topological polar surface area (TPSA) is 61.8 Å². The van der Waals surface area contributed by atoms with Gasteiger partial charge in [-0.05, 0) is 49.9 Å². The number of amides is 1. The number of carbonyl (C=O) groups excluding carboxylic acids is 1. The smallest absolute Gasteiger partial charge is 0.238 e. The molecule has 1 fully saturated rings. The number of anilines is 1. The zero-order chi connectivity index (χ0) is 22.3. The molecular weight excluding hydrogens is 388 g/mol. The average Bonchev–Trinajstić information content (AvgIpc) is 2.74. The lowest BCUT2D eigenvalue weighted by Crippen LogP contribution is -2.58. The highest BCUT2D eigenvalue weighted by Crippen LogP contribution is 2.31. The molecule has 0 radical (unpaired) electrons. The van der Waals surface area contributed by atoms with Crippen molar-refractivity contribution in [3.05, 3.63) is 59.7 Å². The van der Waals surface area contributed by atoms with Crippen LogP contribution in [-0.4, -0.2) is 47.3 Å². The van der Waals surface area contributed by atoms with E-state index in [1.54, 1.807) is 0 Å². The molecule has 5 nitrogen and oxygen atoms in total. The molecule has 0 aromatic heterocycles. The van der Waals surface area contributed by atoms with Crippen molar-refractivity contribution in [2.24, 2.45) is 0 Å². The summed E-state index contributed by atoms with van der Waals surface area (Å²) >= 11 is 0. The lowest BCUT2D eigenvalue weighted by Gasteiger charge is -2.44. The molecule has 0 unspecified atom stereocenters. The number of aryl methyl sites for hydroxylation is 2. The van der Waals surface area contributed by atoms with Gasteiger partial charge in [-0.2, -0.15) is 0 Å². The predicted molar refractivity (Wildman–Crippen MR) is 126 cm³/mol. The number of likely N-dealkylation sites (tertiary alicyclic amines) is 1. The molecule has 1 saturated heterocycles. The lowest BCUT2D eigenvalue weighted by atomic mass is 9.83. The number of nitrogens with zero attached hydrogens (tertiary/aromatic N) is 1. The van der Waals surface area contributed by atoms with Crippen LogP contribution in [0.3, 0.4) is 0 Å². The van der Waals surface area contributed by atoms with E-state index in [4.69, 9.17) is 4.74 Å². The van der Waals surface area contributed by atoms with Gasteiger partial charge in [-0.1, -0.05) is 62.6 Å². The van der Waals surface area contributed by atoms with E-state index >= 15 is 0 Å². The Morgan fingerprint density at radius 1 is 1.13 bits per heavy atom. The number of unbranched alkanes of at least 4 members (excludes halogenated alkanes) is 2. The van der Waals surface area contributed by atoms with Crippen LogP contribution < -0.4 is 10.1 Å². The first kappa shape index (κ1) is 23.3. The molecule has 1 amide bonds. The maximum Gasteiger partial charge on any atom is 0.238 e. The van der Waals surface area contributed by atoms with E-state index in [0.717, 1.165) is 48.2 Å². The highest BCUT2D eigenvalue weighted by atomic mass is 16.5. The Balaban J connectivity index is 1.66. The SMILES string of the molecule is CCCCC[C@]1(O)CCN(CC(=O)Nc2c(C)cccc2C)C[C@@H]1Oc1ccccc1. The summed E-state index contributed by atoms with van der Waals surface area (Å²) in [5, 5.41) is 14.5. The normalized spacial score (nSPS) is 21.6. The zero-order valence-corrected chi connectivity index (χ0v) is 19.1. The van der Waals surface area contributed by atoms with E-state index in [0.29, 0.717) is 19.5 Å². The van der Waals surface area contributed by atoms with Gasteiger partial charge in [-0.25, -0.2) is 0 Å². The minimum absolute atomic E-state index is 0.0349. The van der Waals surface area contributed by atoms with Crippen LogP contribution in [0, 0.1) is 13.8 Å². The Hall–Kier alpha value is -2.37. The van der Waals surface area contributed by atoms with Gasteiger partial charge >= 0.3 is 0 Å². The van der Waals surface area contributed by atoms with E-state index in [1.807, 2.05) is 62.4 Å². The molecule has 3 rings (SSSR count). The number of hydrogen-bond acceptors (Lipinski definition) is 4. The zero-order valence-electron chi connectivity index (χ0n) is 19.1. The molecular formula is C26H36N2O3. The third-order valence-corrected chi connectivity index (χ3v) is 6.23. The number of piperidine rings is 1. The molecule has 2 atom stereocenters. The van der Waals surface area contributed by atoms with Crippen molar-refractivity contribution < 1.29 is 14.6 Å². The summed E-state index contributed by atoms with van der Waals surface area (Å²) in [5.41, 5.74) is 2.13. The average molecular weight is 425 g/mol. The molecule has 0 bridgehead atoms. The van der Waals surface area contributed by atoms with Gasteiger partial charge in [0.05, 0.1) is 6.54 Å². The summed E-state index contributed by atoms with van der Waals surface area (Å²) in [6, 6.07) is 15.7. The highest BCUT2D eigenvalue weighted by Gasteiger charge is 2.43. The first-order chi connectivity index (χ1) is 14.9. The maximum absolute atomic E-state index is 12.8. The maximum atomic E-state index is 12.8. The molecule has 0 spiro atoms. The first-order valence-corrected chi connectivity index (χ1v) is 11.4. The van der Waals surface area contributed by atoms with Crippen molar-refractivity contribution in [1.29, 1.82) is 0 Å². The highest BCUT2D eigenvalue weighted by molar-refractivity contribution is 5.93. The van der Waals surface area contributed by atoms with Gasteiger partial charge in [0.15, 0.2) is 0 Å². The van der Waals surface area contributed by atoms with Crippen LogP contribution >= 0.6 is 0 Å². The Morgan fingerprint density at radius 2 is 1.84 bits per heavy atom. The second-order valence-corrected chi connectivity index (χ2v) is 8.78. The molecule has 1 heterocycles. The molecule has 2 N–H and O–H groups in total. The summed E-state index contributed by atoms with van der Waals surface area (Å²) in [4.78, 5) is 14.9. The largest absolute Gasteiger partial charge is 0.486 e. The van der Waals surface area contributed by atoms with Crippen LogP contribution in [0.1, 0.15) is 50.2 Å². The fraction of sp³-hybridized carbons (Fsp3) is 0.500. The molecule has 5 heteroatoms. The molecule has 0 saturated carbocycles. The number of para-hydroxylation sites is 2. The fourth-order valence-corrected chi connectivity index (χ4v) is 4.32. The quantitative estimate of drug-likeness (QED) is 0.573. The van der Waals surface area contributed by atoms with E-state index < -0.39 is 5.60 Å². The van der Waals surface area contributed by atoms with Gasteiger partial charge in [0, 0.05) is 18.8 Å². The van der Waals surface area contributed by atoms with Crippen molar-refractivity contribution in [3.63, 3.8) is 0 Å². The number of ether oxygens (including phenoxy) is 1. The van der Waals surface area contributed by atoms with Crippen molar-refractivity contribution in [2.45, 2.75) is 64.6 Å². The first-order valence-electron chi connectivity index (χ1n) is 11.4. The number of benzene rings is 2. The minimum Gasteiger partial charge on any atom is -0.486 e. The van der Waals surface area contributed by atoms with Gasteiger partial charge < -0.3 is 15.2 Å². The van der Waals surface area contributed by atoms with Crippen molar-refractivity contribution in [3.8, 4) is 5.75 Å². The summed E-state index contributed by atoms with van der Waals surface area (Å²) < 4.78 is 6.25. The van der Waals surface area contributed by atoms with Crippen LogP contribution in [0.25, 0.3) is 0 Å². The molecule has 1 aliphatic heterocycles. The minimum atomic E-state index is -0.870. The Labute approximate surface area is 186 Å². The molecule has 2 aromatic carbocycles. The number of nitrogens with one attached hydrogen (secondary N) is 1. The van der Waals surface area contributed by atoms with Crippen LogP contribution in [0.4, 0.5) is 5.69 Å². The summed E-state index contributed by atoms with van der Waals surface area (Å²) in [7, 11) is 0. The van der Waals surface area contributed by atoms with Crippen molar-refractivity contribution in [1.82, 2.24) is 4.90 Å². The van der Waals surface area contributed by atoms with Gasteiger partial charge in [0.2, 0.25) is 5.91 Å². The second-order valence-electron chi connectivity index (χ2n) is 8.78. The number of carbonyl (C=O) groups is 1. The van der Waals surface area contributed by atoms with Crippen LogP contribution in [0.5, 0.6) is 5.75 Å². The van der Waals surface area contributed by atoms with Crippen molar-refractivity contribution in [2.75, 3.05) is 25.0 Å². The predicted octanol–water partition coefficient (Wildman–Crippen LogP) is 4.71. The Morgan fingerprint density at radius 3 is 2.52 bits per heavy atom. The standard InChI is InChI=1S/C26H36N2O3/c1-4-5-9-15-26(30)16-17-28(18-23(26)31-22-13-7-6-8-14-22)19-24(29)27-25-20(2)11-10-12-21(25)3/h6-8,10-14,23,30H,4-5,9,15-19H2,1-3H3,(H,27,29)/t23-,26-/m0/s1. The van der Waals surface area contributed by atoms with Gasteiger partial charge in [-0.3, -0.25) is 9.69 Å². The van der Waals surface area contributed by atoms with E-state index in [1.165, 1.54) is 0 Å². The van der Waals surface area contributed by atoms with Crippen LogP contribution in [0.2, 0.25) is 0 Å². The van der Waals surface area contributed by atoms with Crippen LogP contribution in [-0.2, 0) is 4.79 Å². The molecule has 2 aromatic rings. The number of aliphatic hydroxyl groups is 1.